The smallest absolute Gasteiger partial charge is 0.238 e. The highest BCUT2D eigenvalue weighted by Crippen LogP contribution is 2.23. The second-order valence-corrected chi connectivity index (χ2v) is 6.53. The fourth-order valence-electron chi connectivity index (χ4n) is 2.01. The van der Waals surface area contributed by atoms with Gasteiger partial charge in [0.15, 0.2) is 0 Å². The fraction of sp³-hybridized carbons (Fsp3) is 0.200. The number of rotatable bonds is 4. The van der Waals surface area contributed by atoms with Crippen molar-refractivity contribution in [1.29, 1.82) is 0 Å². The maximum Gasteiger partial charge on any atom is 0.238 e. The van der Waals surface area contributed by atoms with E-state index in [1.165, 1.54) is 18.2 Å². The zero-order chi connectivity index (χ0) is 15.6. The summed E-state index contributed by atoms with van der Waals surface area (Å²) in [4.78, 5) is 0.0398. The Hall–Kier alpha value is -1.92. The lowest BCUT2D eigenvalue weighted by Crippen LogP contribution is -2.14. The summed E-state index contributed by atoms with van der Waals surface area (Å²) >= 11 is 0. The molecule has 0 aliphatic heterocycles. The van der Waals surface area contributed by atoms with E-state index in [9.17, 15) is 12.8 Å². The van der Waals surface area contributed by atoms with E-state index in [1.54, 1.807) is 24.3 Å². The molecule has 6 heteroatoms. The van der Waals surface area contributed by atoms with E-state index < -0.39 is 10.0 Å². The molecule has 0 spiro atoms. The maximum absolute atomic E-state index is 13.8. The zero-order valence-electron chi connectivity index (χ0n) is 11.8. The van der Waals surface area contributed by atoms with Crippen molar-refractivity contribution in [3.8, 4) is 0 Å². The van der Waals surface area contributed by atoms with Crippen LogP contribution < -0.4 is 10.5 Å². The Balaban J connectivity index is 2.26. The minimum atomic E-state index is -3.75. The molecule has 0 saturated carbocycles. The van der Waals surface area contributed by atoms with Gasteiger partial charge in [-0.15, -0.1) is 0 Å². The van der Waals surface area contributed by atoms with E-state index in [0.29, 0.717) is 11.3 Å². The van der Waals surface area contributed by atoms with Crippen molar-refractivity contribution >= 4 is 15.7 Å². The van der Waals surface area contributed by atoms with Gasteiger partial charge < -0.3 is 5.32 Å². The van der Waals surface area contributed by atoms with Crippen molar-refractivity contribution in [1.82, 2.24) is 0 Å². The Bertz CT molecular complexity index is 760. The molecule has 0 saturated heterocycles. The van der Waals surface area contributed by atoms with Gasteiger partial charge in [-0.3, -0.25) is 0 Å². The molecule has 21 heavy (non-hydrogen) atoms. The van der Waals surface area contributed by atoms with E-state index in [1.807, 2.05) is 13.8 Å². The van der Waals surface area contributed by atoms with Crippen LogP contribution in [0, 0.1) is 12.7 Å². The van der Waals surface area contributed by atoms with Crippen LogP contribution in [0.2, 0.25) is 0 Å². The van der Waals surface area contributed by atoms with Gasteiger partial charge in [-0.1, -0.05) is 18.2 Å². The standard InChI is InChI=1S/C15H17FN2O2S/c1-10-6-7-15(14(16)8-10)18-11(2)12-4-3-5-13(9-12)21(17,19)20/h3-9,11,18H,1-2H3,(H2,17,19,20). The van der Waals surface area contributed by atoms with Crippen LogP contribution in [0.1, 0.15) is 24.1 Å². The van der Waals surface area contributed by atoms with Crippen molar-refractivity contribution in [3.05, 3.63) is 59.4 Å². The normalized spacial score (nSPS) is 13.0. The lowest BCUT2D eigenvalue weighted by Gasteiger charge is -2.17. The molecule has 0 radical (unpaired) electrons. The van der Waals surface area contributed by atoms with Crippen LogP contribution in [-0.4, -0.2) is 8.42 Å². The van der Waals surface area contributed by atoms with Crippen molar-refractivity contribution < 1.29 is 12.8 Å². The van der Waals surface area contributed by atoms with E-state index in [-0.39, 0.29) is 16.8 Å². The highest BCUT2D eigenvalue weighted by molar-refractivity contribution is 7.89. The SMILES string of the molecule is Cc1ccc(NC(C)c2cccc(S(N)(=O)=O)c2)c(F)c1. The van der Waals surface area contributed by atoms with Crippen LogP contribution in [0.15, 0.2) is 47.4 Å². The molecule has 1 atom stereocenters. The summed E-state index contributed by atoms with van der Waals surface area (Å²) in [5.41, 5.74) is 1.91. The topological polar surface area (TPSA) is 72.2 Å². The van der Waals surface area contributed by atoms with E-state index >= 15 is 0 Å². The summed E-state index contributed by atoms with van der Waals surface area (Å²) in [5.74, 6) is -0.343. The zero-order valence-corrected chi connectivity index (χ0v) is 12.6. The third-order valence-corrected chi connectivity index (χ3v) is 4.09. The molecule has 2 rings (SSSR count). The summed E-state index contributed by atoms with van der Waals surface area (Å²) in [6, 6.07) is 10.9. The van der Waals surface area contributed by atoms with Crippen LogP contribution in [0.3, 0.4) is 0 Å². The van der Waals surface area contributed by atoms with Gasteiger partial charge in [-0.2, -0.15) is 0 Å². The lowest BCUT2D eigenvalue weighted by molar-refractivity contribution is 0.597. The Morgan fingerprint density at radius 3 is 2.52 bits per heavy atom. The third-order valence-electron chi connectivity index (χ3n) is 3.18. The summed E-state index contributed by atoms with van der Waals surface area (Å²) in [6.07, 6.45) is 0. The largest absolute Gasteiger partial charge is 0.376 e. The van der Waals surface area contributed by atoms with Crippen molar-refractivity contribution in [2.45, 2.75) is 24.8 Å². The highest BCUT2D eigenvalue weighted by atomic mass is 32.2. The minimum Gasteiger partial charge on any atom is -0.376 e. The molecule has 0 heterocycles. The predicted molar refractivity (Wildman–Crippen MR) is 81.0 cm³/mol. The van der Waals surface area contributed by atoms with Crippen LogP contribution >= 0.6 is 0 Å². The molecule has 2 aromatic carbocycles. The number of benzene rings is 2. The molecule has 2 aromatic rings. The van der Waals surface area contributed by atoms with Crippen LogP contribution in [-0.2, 0) is 10.0 Å². The molecule has 4 nitrogen and oxygen atoms in total. The molecule has 0 bridgehead atoms. The maximum atomic E-state index is 13.8. The Morgan fingerprint density at radius 1 is 1.19 bits per heavy atom. The molecular formula is C15H17FN2O2S. The predicted octanol–water partition coefficient (Wildman–Crippen LogP) is 2.95. The number of anilines is 1. The fourth-order valence-corrected chi connectivity index (χ4v) is 2.58. The quantitative estimate of drug-likeness (QED) is 0.912. The first-order valence-electron chi connectivity index (χ1n) is 6.43. The summed E-state index contributed by atoms with van der Waals surface area (Å²) in [7, 11) is -3.75. The molecule has 112 valence electrons. The third kappa shape index (κ3) is 3.80. The van der Waals surface area contributed by atoms with Gasteiger partial charge in [0.1, 0.15) is 5.82 Å². The first kappa shape index (κ1) is 15.5. The number of primary sulfonamides is 1. The highest BCUT2D eigenvalue weighted by Gasteiger charge is 2.12. The van der Waals surface area contributed by atoms with Crippen molar-refractivity contribution in [3.63, 3.8) is 0 Å². The first-order valence-corrected chi connectivity index (χ1v) is 7.97. The summed E-state index contributed by atoms with van der Waals surface area (Å²) in [5, 5.41) is 8.13. The van der Waals surface area contributed by atoms with E-state index in [0.717, 1.165) is 5.56 Å². The molecule has 3 N–H and O–H groups in total. The van der Waals surface area contributed by atoms with Gasteiger partial charge in [0.25, 0.3) is 0 Å². The Morgan fingerprint density at radius 2 is 1.90 bits per heavy atom. The van der Waals surface area contributed by atoms with Crippen molar-refractivity contribution in [2.24, 2.45) is 5.14 Å². The number of hydrogen-bond acceptors (Lipinski definition) is 3. The number of halogens is 1. The molecule has 0 aromatic heterocycles. The Labute approximate surface area is 123 Å². The van der Waals surface area contributed by atoms with Gasteiger partial charge in [0.05, 0.1) is 10.6 Å². The van der Waals surface area contributed by atoms with Crippen LogP contribution in [0.4, 0.5) is 10.1 Å². The Kier molecular flexibility index (Phi) is 4.29. The van der Waals surface area contributed by atoms with Crippen molar-refractivity contribution in [2.75, 3.05) is 5.32 Å². The minimum absolute atomic E-state index is 0.0398. The van der Waals surface area contributed by atoms with Gasteiger partial charge in [-0.05, 0) is 49.2 Å². The van der Waals surface area contributed by atoms with Gasteiger partial charge in [0.2, 0.25) is 10.0 Å². The second kappa shape index (κ2) is 5.83. The summed E-state index contributed by atoms with van der Waals surface area (Å²) < 4.78 is 36.5. The number of aryl methyl sites for hydroxylation is 1. The monoisotopic (exact) mass is 308 g/mol. The van der Waals surface area contributed by atoms with Gasteiger partial charge in [-0.25, -0.2) is 17.9 Å². The van der Waals surface area contributed by atoms with Gasteiger partial charge >= 0.3 is 0 Å². The van der Waals surface area contributed by atoms with Gasteiger partial charge in [0, 0.05) is 6.04 Å². The summed E-state index contributed by atoms with van der Waals surface area (Å²) in [6.45, 7) is 3.63. The average Bonchev–Trinajstić information content (AvgIpc) is 2.41. The number of sulfonamides is 1. The number of nitrogens with two attached hydrogens (primary N) is 1. The molecular weight excluding hydrogens is 291 g/mol. The number of nitrogens with one attached hydrogen (secondary N) is 1. The molecule has 0 aliphatic carbocycles. The molecule has 0 amide bonds. The average molecular weight is 308 g/mol. The molecule has 0 aliphatic rings. The van der Waals surface area contributed by atoms with E-state index in [4.69, 9.17) is 5.14 Å². The first-order chi connectivity index (χ1) is 9.77. The molecule has 1 unspecified atom stereocenters. The molecule has 0 fully saturated rings. The van der Waals surface area contributed by atoms with Crippen LogP contribution in [0.5, 0.6) is 0 Å². The van der Waals surface area contributed by atoms with Crippen LogP contribution in [0.25, 0.3) is 0 Å². The van der Waals surface area contributed by atoms with E-state index in [2.05, 4.69) is 5.32 Å². The number of hydrogen-bond donors (Lipinski definition) is 2. The lowest BCUT2D eigenvalue weighted by atomic mass is 10.1. The second-order valence-electron chi connectivity index (χ2n) is 4.97.